The molecule has 0 aliphatic rings. The molecule has 2 aromatic rings. The summed E-state index contributed by atoms with van der Waals surface area (Å²) in [6.45, 7) is 1.88. The molecule has 0 fully saturated rings. The highest BCUT2D eigenvalue weighted by atomic mass is 16.5. The number of nitrogens with zero attached hydrogens (tertiary/aromatic N) is 2. The fourth-order valence-corrected chi connectivity index (χ4v) is 2.00. The van der Waals surface area contributed by atoms with Crippen LogP contribution < -0.4 is 10.6 Å². The van der Waals surface area contributed by atoms with Gasteiger partial charge in [-0.1, -0.05) is 12.1 Å². The molecule has 1 aromatic heterocycles. The highest BCUT2D eigenvalue weighted by Crippen LogP contribution is 2.13. The molecule has 1 aromatic carbocycles. The molecule has 0 aliphatic heterocycles. The van der Waals surface area contributed by atoms with Gasteiger partial charge >= 0.3 is 0 Å². The van der Waals surface area contributed by atoms with E-state index in [1.54, 1.807) is 7.11 Å². The van der Waals surface area contributed by atoms with Crippen LogP contribution in [0.4, 0.5) is 0 Å². The molecule has 0 spiro atoms. The lowest BCUT2D eigenvalue weighted by Gasteiger charge is -2.06. The third-order valence-electron chi connectivity index (χ3n) is 3.08. The summed E-state index contributed by atoms with van der Waals surface area (Å²) < 4.78 is 6.90. The van der Waals surface area contributed by atoms with Crippen molar-refractivity contribution in [2.75, 3.05) is 26.8 Å². The third kappa shape index (κ3) is 3.55. The SMILES string of the molecule is COCCNC(=O)CNCc1nc2ccccc2n1C. The minimum absolute atomic E-state index is 0.0409. The Morgan fingerprint density at radius 2 is 2.20 bits per heavy atom. The van der Waals surface area contributed by atoms with E-state index in [0.717, 1.165) is 16.9 Å². The largest absolute Gasteiger partial charge is 0.383 e. The highest BCUT2D eigenvalue weighted by molar-refractivity contribution is 5.78. The summed E-state index contributed by atoms with van der Waals surface area (Å²) in [7, 11) is 3.58. The second-order valence-corrected chi connectivity index (χ2v) is 4.52. The van der Waals surface area contributed by atoms with Crippen LogP contribution in [0.25, 0.3) is 11.0 Å². The number of fused-ring (bicyclic) bond motifs is 1. The number of nitrogens with one attached hydrogen (secondary N) is 2. The van der Waals surface area contributed by atoms with Crippen molar-refractivity contribution in [1.29, 1.82) is 0 Å². The lowest BCUT2D eigenvalue weighted by atomic mass is 10.3. The van der Waals surface area contributed by atoms with Gasteiger partial charge in [0.15, 0.2) is 0 Å². The number of hydrogen-bond acceptors (Lipinski definition) is 4. The van der Waals surface area contributed by atoms with E-state index in [4.69, 9.17) is 4.74 Å². The molecule has 2 N–H and O–H groups in total. The molecule has 0 bridgehead atoms. The number of aromatic nitrogens is 2. The van der Waals surface area contributed by atoms with Crippen molar-refractivity contribution in [3.8, 4) is 0 Å². The van der Waals surface area contributed by atoms with Crippen LogP contribution in [0.15, 0.2) is 24.3 Å². The van der Waals surface area contributed by atoms with Crippen molar-refractivity contribution in [1.82, 2.24) is 20.2 Å². The lowest BCUT2D eigenvalue weighted by Crippen LogP contribution is -2.35. The van der Waals surface area contributed by atoms with Gasteiger partial charge in [-0.2, -0.15) is 0 Å². The van der Waals surface area contributed by atoms with Crippen LogP contribution >= 0.6 is 0 Å². The van der Waals surface area contributed by atoms with Crippen molar-refractivity contribution in [2.24, 2.45) is 7.05 Å². The van der Waals surface area contributed by atoms with Crippen LogP contribution in [-0.4, -0.2) is 42.3 Å². The number of benzene rings is 1. The van der Waals surface area contributed by atoms with Gasteiger partial charge in [-0.3, -0.25) is 4.79 Å². The molecule has 6 heteroatoms. The summed E-state index contributed by atoms with van der Waals surface area (Å²) in [5, 5.41) is 5.85. The Hall–Kier alpha value is -1.92. The van der Waals surface area contributed by atoms with Crippen LogP contribution in [0.2, 0.25) is 0 Å². The second-order valence-electron chi connectivity index (χ2n) is 4.52. The quantitative estimate of drug-likeness (QED) is 0.719. The smallest absolute Gasteiger partial charge is 0.234 e. The molecular weight excluding hydrogens is 256 g/mol. The van der Waals surface area contributed by atoms with Gasteiger partial charge < -0.3 is 19.9 Å². The number of carbonyl (C=O) groups excluding carboxylic acids is 1. The zero-order valence-corrected chi connectivity index (χ0v) is 11.8. The normalized spacial score (nSPS) is 10.9. The maximum absolute atomic E-state index is 11.5. The maximum Gasteiger partial charge on any atom is 0.234 e. The summed E-state index contributed by atoms with van der Waals surface area (Å²) in [6, 6.07) is 7.97. The van der Waals surface area contributed by atoms with Crippen LogP contribution in [0.3, 0.4) is 0 Å². The first kappa shape index (κ1) is 14.5. The van der Waals surface area contributed by atoms with Crippen molar-refractivity contribution in [2.45, 2.75) is 6.54 Å². The Labute approximate surface area is 118 Å². The number of methoxy groups -OCH3 is 1. The summed E-state index contributed by atoms with van der Waals surface area (Å²) in [6.07, 6.45) is 0. The fraction of sp³-hybridized carbons (Fsp3) is 0.429. The monoisotopic (exact) mass is 276 g/mol. The number of amides is 1. The third-order valence-corrected chi connectivity index (χ3v) is 3.08. The Bertz CT molecular complexity index is 580. The number of ether oxygens (including phenoxy) is 1. The van der Waals surface area contributed by atoms with Gasteiger partial charge in [0, 0.05) is 20.7 Å². The standard InChI is InChI=1S/C14H20N4O2/c1-18-12-6-4-3-5-11(12)17-13(18)9-15-10-14(19)16-7-8-20-2/h3-6,15H,7-10H2,1-2H3,(H,16,19). The Morgan fingerprint density at radius 3 is 2.95 bits per heavy atom. The van der Waals surface area contributed by atoms with Crippen molar-refractivity contribution >= 4 is 16.9 Å². The van der Waals surface area contributed by atoms with Gasteiger partial charge in [0.2, 0.25) is 5.91 Å². The zero-order valence-electron chi connectivity index (χ0n) is 11.8. The summed E-state index contributed by atoms with van der Waals surface area (Å²) >= 11 is 0. The van der Waals surface area contributed by atoms with Crippen LogP contribution in [0, 0.1) is 0 Å². The van der Waals surface area contributed by atoms with E-state index in [9.17, 15) is 4.79 Å². The van der Waals surface area contributed by atoms with Crippen LogP contribution in [0.5, 0.6) is 0 Å². The van der Waals surface area contributed by atoms with Gasteiger partial charge in [0.05, 0.1) is 30.7 Å². The Kier molecular flexibility index (Phi) is 5.09. The topological polar surface area (TPSA) is 68.2 Å². The van der Waals surface area contributed by atoms with E-state index < -0.39 is 0 Å². The minimum Gasteiger partial charge on any atom is -0.383 e. The van der Waals surface area contributed by atoms with E-state index in [2.05, 4.69) is 15.6 Å². The molecule has 0 aliphatic carbocycles. The van der Waals surface area contributed by atoms with Gasteiger partial charge in [0.1, 0.15) is 5.82 Å². The molecule has 1 heterocycles. The molecule has 2 rings (SSSR count). The predicted molar refractivity (Wildman–Crippen MR) is 77.3 cm³/mol. The first-order valence-electron chi connectivity index (χ1n) is 6.59. The van der Waals surface area contributed by atoms with Gasteiger partial charge in [0.25, 0.3) is 0 Å². The fourth-order valence-electron chi connectivity index (χ4n) is 2.00. The Balaban J connectivity index is 1.84. The van der Waals surface area contributed by atoms with E-state index in [1.807, 2.05) is 35.9 Å². The molecule has 6 nitrogen and oxygen atoms in total. The number of imidazole rings is 1. The van der Waals surface area contributed by atoms with Crippen molar-refractivity contribution in [3.05, 3.63) is 30.1 Å². The number of carbonyl (C=O) groups is 1. The van der Waals surface area contributed by atoms with E-state index >= 15 is 0 Å². The van der Waals surface area contributed by atoms with E-state index in [1.165, 1.54) is 0 Å². The molecule has 0 saturated heterocycles. The molecule has 1 amide bonds. The number of para-hydroxylation sites is 2. The summed E-state index contributed by atoms with van der Waals surface area (Å²) in [4.78, 5) is 16.0. The zero-order chi connectivity index (χ0) is 14.4. The number of hydrogen-bond donors (Lipinski definition) is 2. The van der Waals surface area contributed by atoms with E-state index in [0.29, 0.717) is 19.7 Å². The molecule has 20 heavy (non-hydrogen) atoms. The molecule has 0 unspecified atom stereocenters. The molecule has 0 saturated carbocycles. The minimum atomic E-state index is -0.0409. The first-order chi connectivity index (χ1) is 9.72. The predicted octanol–water partition coefficient (Wildman–Crippen LogP) is 0.426. The lowest BCUT2D eigenvalue weighted by molar-refractivity contribution is -0.120. The average Bonchev–Trinajstić information content (AvgIpc) is 2.77. The molecular formula is C14H20N4O2. The maximum atomic E-state index is 11.5. The molecule has 0 radical (unpaired) electrons. The molecule has 0 atom stereocenters. The van der Waals surface area contributed by atoms with Gasteiger partial charge in [-0.05, 0) is 12.1 Å². The number of rotatable bonds is 7. The van der Waals surface area contributed by atoms with E-state index in [-0.39, 0.29) is 12.5 Å². The first-order valence-corrected chi connectivity index (χ1v) is 6.59. The summed E-state index contributed by atoms with van der Waals surface area (Å²) in [5.74, 6) is 0.872. The Morgan fingerprint density at radius 1 is 1.40 bits per heavy atom. The molecule has 108 valence electrons. The second kappa shape index (κ2) is 7.02. The van der Waals surface area contributed by atoms with Gasteiger partial charge in [-0.15, -0.1) is 0 Å². The summed E-state index contributed by atoms with van der Waals surface area (Å²) in [5.41, 5.74) is 2.06. The average molecular weight is 276 g/mol. The highest BCUT2D eigenvalue weighted by Gasteiger charge is 2.07. The van der Waals surface area contributed by atoms with Crippen molar-refractivity contribution < 1.29 is 9.53 Å². The van der Waals surface area contributed by atoms with Crippen LogP contribution in [-0.2, 0) is 23.1 Å². The van der Waals surface area contributed by atoms with Crippen LogP contribution in [0.1, 0.15) is 5.82 Å². The van der Waals surface area contributed by atoms with Crippen molar-refractivity contribution in [3.63, 3.8) is 0 Å². The number of aryl methyl sites for hydroxylation is 1. The van der Waals surface area contributed by atoms with Gasteiger partial charge in [-0.25, -0.2) is 4.98 Å².